The lowest BCUT2D eigenvalue weighted by atomic mass is 10.1. The van der Waals surface area contributed by atoms with Crippen LogP contribution < -0.4 is 0 Å². The lowest BCUT2D eigenvalue weighted by Gasteiger charge is -2.38. The van der Waals surface area contributed by atoms with E-state index in [0.29, 0.717) is 49.6 Å². The highest BCUT2D eigenvalue weighted by molar-refractivity contribution is 6.33. The predicted molar refractivity (Wildman–Crippen MR) is 101 cm³/mol. The van der Waals surface area contributed by atoms with E-state index in [4.69, 9.17) is 11.6 Å². The maximum absolute atomic E-state index is 12.7. The summed E-state index contributed by atoms with van der Waals surface area (Å²) in [4.78, 5) is 32.6. The minimum absolute atomic E-state index is 0.0671. The number of piperazine rings is 1. The molecule has 0 aromatic heterocycles. The smallest absolute Gasteiger partial charge is 0.331 e. The molecule has 1 aliphatic carbocycles. The molecule has 2 aliphatic rings. The van der Waals surface area contributed by atoms with Crippen LogP contribution in [0.1, 0.15) is 37.0 Å². The van der Waals surface area contributed by atoms with Crippen LogP contribution >= 0.6 is 11.6 Å². The molecule has 1 N–H and O–H groups in total. The summed E-state index contributed by atoms with van der Waals surface area (Å²) in [5.74, 6) is 0.0538. The van der Waals surface area contributed by atoms with Crippen LogP contribution in [-0.4, -0.2) is 64.3 Å². The van der Waals surface area contributed by atoms with Gasteiger partial charge in [0.15, 0.2) is 5.54 Å². The topological polar surface area (TPSA) is 73.2 Å². The fraction of sp³-hybridized carbons (Fsp3) is 0.526. The molecule has 0 radical (unpaired) electrons. The van der Waals surface area contributed by atoms with Crippen LogP contribution in [0.5, 0.6) is 0 Å². The van der Waals surface area contributed by atoms with Crippen molar-refractivity contribution in [2.45, 2.75) is 32.2 Å². The van der Waals surface area contributed by atoms with Crippen molar-refractivity contribution in [3.63, 3.8) is 0 Å². The zero-order valence-corrected chi connectivity index (χ0v) is 15.9. The zero-order valence-electron chi connectivity index (χ0n) is 15.1. The Morgan fingerprint density at radius 1 is 1.12 bits per heavy atom. The van der Waals surface area contributed by atoms with Gasteiger partial charge in [-0.25, -0.2) is 4.79 Å². The molecule has 1 aromatic rings. The molecule has 2 fully saturated rings. The maximum atomic E-state index is 12.7. The van der Waals surface area contributed by atoms with Crippen LogP contribution in [-0.2, 0) is 4.79 Å². The Morgan fingerprint density at radius 2 is 1.69 bits per heavy atom. The van der Waals surface area contributed by atoms with Crippen molar-refractivity contribution >= 4 is 29.3 Å². The second kappa shape index (κ2) is 7.27. The Bertz CT molecular complexity index is 735. The van der Waals surface area contributed by atoms with Crippen LogP contribution in [0, 0.1) is 5.92 Å². The standard InChI is InChI=1S/C19H24ClN3O3/c1-13(2)16(21-19(7-8-19)18(25)26)22-9-11-23(12-10-22)17(24)14-5-3-4-6-15(14)20/h3-6,13H,7-12H2,1-2H3,(H,25,26). The lowest BCUT2D eigenvalue weighted by Crippen LogP contribution is -2.52. The summed E-state index contributed by atoms with van der Waals surface area (Å²) in [6, 6.07) is 7.07. The quantitative estimate of drug-likeness (QED) is 0.646. The van der Waals surface area contributed by atoms with E-state index in [9.17, 15) is 14.7 Å². The molecule has 0 bridgehead atoms. The third-order valence-electron chi connectivity index (χ3n) is 4.96. The van der Waals surface area contributed by atoms with Gasteiger partial charge in [0.1, 0.15) is 5.84 Å². The van der Waals surface area contributed by atoms with Gasteiger partial charge in [-0.05, 0) is 25.0 Å². The largest absolute Gasteiger partial charge is 0.479 e. The summed E-state index contributed by atoms with van der Waals surface area (Å²) >= 11 is 6.14. The van der Waals surface area contributed by atoms with E-state index in [0.717, 1.165) is 5.84 Å². The summed E-state index contributed by atoms with van der Waals surface area (Å²) in [6.45, 7) is 6.47. The molecule has 1 aliphatic heterocycles. The number of amides is 1. The van der Waals surface area contributed by atoms with Crippen LogP contribution in [0.15, 0.2) is 29.3 Å². The SMILES string of the molecule is CC(C)C(=NC1(C(=O)O)CC1)N1CCN(C(=O)c2ccccc2Cl)CC1. The van der Waals surface area contributed by atoms with E-state index in [1.165, 1.54) is 0 Å². The van der Waals surface area contributed by atoms with Crippen LogP contribution in [0.3, 0.4) is 0 Å². The monoisotopic (exact) mass is 377 g/mol. The van der Waals surface area contributed by atoms with Crippen molar-refractivity contribution in [2.75, 3.05) is 26.2 Å². The van der Waals surface area contributed by atoms with Gasteiger partial charge in [-0.3, -0.25) is 9.79 Å². The van der Waals surface area contributed by atoms with Gasteiger partial charge < -0.3 is 14.9 Å². The van der Waals surface area contributed by atoms with Crippen LogP contribution in [0.25, 0.3) is 0 Å². The highest BCUT2D eigenvalue weighted by atomic mass is 35.5. The van der Waals surface area contributed by atoms with Crippen molar-refractivity contribution in [1.82, 2.24) is 9.80 Å². The number of hydrogen-bond acceptors (Lipinski definition) is 3. The first kappa shape index (κ1) is 18.7. The van der Waals surface area contributed by atoms with Crippen molar-refractivity contribution < 1.29 is 14.7 Å². The Labute approximate surface area is 158 Å². The van der Waals surface area contributed by atoms with Gasteiger partial charge in [0.05, 0.1) is 10.6 Å². The summed E-state index contributed by atoms with van der Waals surface area (Å²) in [5.41, 5.74) is -0.410. The summed E-state index contributed by atoms with van der Waals surface area (Å²) < 4.78 is 0. The minimum Gasteiger partial charge on any atom is -0.479 e. The molecule has 6 nitrogen and oxygen atoms in total. The van der Waals surface area contributed by atoms with E-state index in [2.05, 4.69) is 9.89 Å². The molecule has 1 amide bonds. The molecule has 1 aromatic carbocycles. The normalized spacial score (nSPS) is 19.6. The Balaban J connectivity index is 1.69. The summed E-state index contributed by atoms with van der Waals surface area (Å²) in [5, 5.41) is 9.87. The number of amidine groups is 1. The van der Waals surface area contributed by atoms with Gasteiger partial charge in [-0.1, -0.05) is 37.6 Å². The summed E-state index contributed by atoms with van der Waals surface area (Å²) in [7, 11) is 0. The van der Waals surface area contributed by atoms with Crippen molar-refractivity contribution in [2.24, 2.45) is 10.9 Å². The molecule has 0 atom stereocenters. The molecule has 140 valence electrons. The van der Waals surface area contributed by atoms with E-state index >= 15 is 0 Å². The molecule has 3 rings (SSSR count). The van der Waals surface area contributed by atoms with E-state index < -0.39 is 11.5 Å². The molecule has 1 saturated heterocycles. The lowest BCUT2D eigenvalue weighted by molar-refractivity contribution is -0.139. The zero-order chi connectivity index (χ0) is 18.9. The Morgan fingerprint density at radius 3 is 2.19 bits per heavy atom. The number of carboxylic acids is 1. The fourth-order valence-electron chi connectivity index (χ4n) is 3.22. The summed E-state index contributed by atoms with van der Waals surface area (Å²) in [6.07, 6.45) is 1.20. The van der Waals surface area contributed by atoms with Crippen LogP contribution in [0.4, 0.5) is 0 Å². The molecule has 0 unspecified atom stereocenters. The van der Waals surface area contributed by atoms with Crippen molar-refractivity contribution in [1.29, 1.82) is 0 Å². The second-order valence-electron chi connectivity index (χ2n) is 7.22. The van der Waals surface area contributed by atoms with E-state index in [1.54, 1.807) is 29.2 Å². The van der Waals surface area contributed by atoms with Crippen LogP contribution in [0.2, 0.25) is 5.02 Å². The average Bonchev–Trinajstić information content (AvgIpc) is 3.41. The number of carbonyl (C=O) groups is 2. The predicted octanol–water partition coefficient (Wildman–Crippen LogP) is 2.77. The second-order valence-corrected chi connectivity index (χ2v) is 7.63. The van der Waals surface area contributed by atoms with Gasteiger partial charge in [-0.15, -0.1) is 0 Å². The Kier molecular flexibility index (Phi) is 5.23. The first-order chi connectivity index (χ1) is 12.3. The number of halogens is 1. The van der Waals surface area contributed by atoms with Gasteiger partial charge in [0.25, 0.3) is 5.91 Å². The number of carbonyl (C=O) groups excluding carboxylic acids is 1. The fourth-order valence-corrected chi connectivity index (χ4v) is 3.44. The molecule has 26 heavy (non-hydrogen) atoms. The Hall–Kier alpha value is -2.08. The number of benzene rings is 1. The molecular weight excluding hydrogens is 354 g/mol. The van der Waals surface area contributed by atoms with Crippen molar-refractivity contribution in [3.05, 3.63) is 34.9 Å². The molecule has 1 saturated carbocycles. The highest BCUT2D eigenvalue weighted by Gasteiger charge is 2.51. The van der Waals surface area contributed by atoms with Gasteiger partial charge in [0, 0.05) is 32.1 Å². The molecular formula is C19H24ClN3O3. The first-order valence-electron chi connectivity index (χ1n) is 8.96. The van der Waals surface area contributed by atoms with Gasteiger partial charge in [0.2, 0.25) is 0 Å². The number of carboxylic acid groups (broad SMARTS) is 1. The number of aliphatic imine (C=N–C) groups is 1. The number of rotatable bonds is 4. The average molecular weight is 378 g/mol. The minimum atomic E-state index is -0.926. The molecule has 7 heteroatoms. The van der Waals surface area contributed by atoms with Crippen molar-refractivity contribution in [3.8, 4) is 0 Å². The molecule has 0 spiro atoms. The van der Waals surface area contributed by atoms with E-state index in [-0.39, 0.29) is 11.8 Å². The highest BCUT2D eigenvalue weighted by Crippen LogP contribution is 2.40. The first-order valence-corrected chi connectivity index (χ1v) is 9.34. The molecule has 1 heterocycles. The van der Waals surface area contributed by atoms with Gasteiger partial charge in [-0.2, -0.15) is 0 Å². The number of nitrogens with zero attached hydrogens (tertiary/aromatic N) is 3. The third kappa shape index (κ3) is 3.70. The van der Waals surface area contributed by atoms with E-state index in [1.807, 2.05) is 13.8 Å². The number of aliphatic carboxylic acids is 1. The third-order valence-corrected chi connectivity index (χ3v) is 5.29. The number of hydrogen-bond donors (Lipinski definition) is 1. The van der Waals surface area contributed by atoms with Gasteiger partial charge >= 0.3 is 5.97 Å². The maximum Gasteiger partial charge on any atom is 0.331 e.